The standard InChI is InChI=1S/C26H23F2N5O3/c27-26(28)36-21-8-2-6-19(24(21)35-16-17-4-1-5-17)10-12-23(34)32-20-7-3-13-30-25(20)33-22-11-9-18(14-29)15-31-22/h2-3,6-13,15,17,26H,1,4-5,16H2,(H,32,34)(H,30,31,33)/b12-10+. The van der Waals surface area contributed by atoms with Crippen molar-refractivity contribution in [3.63, 3.8) is 0 Å². The summed E-state index contributed by atoms with van der Waals surface area (Å²) >= 11 is 0. The maximum Gasteiger partial charge on any atom is 0.387 e. The highest BCUT2D eigenvalue weighted by Gasteiger charge is 2.21. The van der Waals surface area contributed by atoms with Gasteiger partial charge < -0.3 is 20.1 Å². The van der Waals surface area contributed by atoms with Crippen molar-refractivity contribution in [1.29, 1.82) is 5.26 Å². The number of ether oxygens (including phenoxy) is 2. The van der Waals surface area contributed by atoms with E-state index in [-0.39, 0.29) is 11.5 Å². The van der Waals surface area contributed by atoms with E-state index < -0.39 is 12.5 Å². The maximum absolute atomic E-state index is 12.9. The summed E-state index contributed by atoms with van der Waals surface area (Å²) in [5.74, 6) is 0.803. The van der Waals surface area contributed by atoms with Gasteiger partial charge in [-0.25, -0.2) is 9.97 Å². The normalized spacial score (nSPS) is 13.2. The SMILES string of the molecule is N#Cc1ccc(Nc2ncccc2NC(=O)/C=C/c2cccc(OC(F)F)c2OCC2CCC2)nc1. The van der Waals surface area contributed by atoms with Crippen LogP contribution in [0.5, 0.6) is 11.5 Å². The first-order valence-electron chi connectivity index (χ1n) is 11.3. The second kappa shape index (κ2) is 11.8. The number of benzene rings is 1. The smallest absolute Gasteiger partial charge is 0.387 e. The fourth-order valence-corrected chi connectivity index (χ4v) is 3.47. The molecule has 0 spiro atoms. The molecular weight excluding hydrogens is 468 g/mol. The van der Waals surface area contributed by atoms with E-state index in [4.69, 9.17) is 10.00 Å². The Hall–Kier alpha value is -4.52. The summed E-state index contributed by atoms with van der Waals surface area (Å²) in [4.78, 5) is 21.0. The summed E-state index contributed by atoms with van der Waals surface area (Å²) in [6, 6.07) is 13.2. The number of aromatic nitrogens is 2. The van der Waals surface area contributed by atoms with Gasteiger partial charge in [-0.3, -0.25) is 4.79 Å². The monoisotopic (exact) mass is 491 g/mol. The van der Waals surface area contributed by atoms with E-state index in [0.29, 0.717) is 41.0 Å². The molecule has 2 N–H and O–H groups in total. The van der Waals surface area contributed by atoms with Gasteiger partial charge in [-0.2, -0.15) is 14.0 Å². The zero-order chi connectivity index (χ0) is 25.3. The van der Waals surface area contributed by atoms with Gasteiger partial charge in [0.15, 0.2) is 17.3 Å². The predicted molar refractivity (Wildman–Crippen MR) is 130 cm³/mol. The van der Waals surface area contributed by atoms with Crippen molar-refractivity contribution in [1.82, 2.24) is 9.97 Å². The van der Waals surface area contributed by atoms with Crippen LogP contribution in [0.25, 0.3) is 6.08 Å². The molecular formula is C26H23F2N5O3. The number of nitrogens with zero attached hydrogens (tertiary/aromatic N) is 3. The number of nitriles is 1. The molecule has 1 aliphatic carbocycles. The Morgan fingerprint density at radius 2 is 2.06 bits per heavy atom. The minimum atomic E-state index is -3.00. The van der Waals surface area contributed by atoms with Crippen LogP contribution in [0, 0.1) is 17.2 Å². The van der Waals surface area contributed by atoms with Crippen molar-refractivity contribution in [3.8, 4) is 17.6 Å². The molecule has 0 saturated heterocycles. The van der Waals surface area contributed by atoms with Gasteiger partial charge in [-0.1, -0.05) is 18.6 Å². The zero-order valence-corrected chi connectivity index (χ0v) is 19.2. The van der Waals surface area contributed by atoms with Gasteiger partial charge in [0.05, 0.1) is 17.9 Å². The van der Waals surface area contributed by atoms with Gasteiger partial charge in [0, 0.05) is 24.0 Å². The first kappa shape index (κ1) is 24.6. The van der Waals surface area contributed by atoms with E-state index in [1.165, 1.54) is 24.4 Å². The van der Waals surface area contributed by atoms with E-state index in [1.54, 1.807) is 42.6 Å². The van der Waals surface area contributed by atoms with E-state index >= 15 is 0 Å². The first-order valence-corrected chi connectivity index (χ1v) is 11.3. The van der Waals surface area contributed by atoms with Gasteiger partial charge >= 0.3 is 6.61 Å². The Kier molecular flexibility index (Phi) is 8.03. The highest BCUT2D eigenvalue weighted by molar-refractivity contribution is 6.03. The van der Waals surface area contributed by atoms with Crippen LogP contribution in [-0.4, -0.2) is 29.1 Å². The summed E-state index contributed by atoms with van der Waals surface area (Å²) < 4.78 is 36.3. The number of pyridine rings is 2. The summed E-state index contributed by atoms with van der Waals surface area (Å²) in [5, 5.41) is 14.6. The Morgan fingerprint density at radius 3 is 2.75 bits per heavy atom. The molecule has 3 aromatic rings. The zero-order valence-electron chi connectivity index (χ0n) is 19.2. The Bertz CT molecular complexity index is 1270. The molecule has 0 bridgehead atoms. The fraction of sp³-hybridized carbons (Fsp3) is 0.231. The van der Waals surface area contributed by atoms with Gasteiger partial charge in [0.2, 0.25) is 5.91 Å². The molecule has 2 aromatic heterocycles. The Morgan fingerprint density at radius 1 is 1.19 bits per heavy atom. The van der Waals surface area contributed by atoms with E-state index in [9.17, 15) is 13.6 Å². The minimum Gasteiger partial charge on any atom is -0.489 e. The van der Waals surface area contributed by atoms with Crippen LogP contribution in [0.15, 0.2) is 60.9 Å². The number of para-hydroxylation sites is 1. The molecule has 0 radical (unpaired) electrons. The second-order valence-corrected chi connectivity index (χ2v) is 8.05. The lowest BCUT2D eigenvalue weighted by Crippen LogP contribution is -2.20. The number of hydrogen-bond donors (Lipinski definition) is 2. The fourth-order valence-electron chi connectivity index (χ4n) is 3.47. The summed E-state index contributed by atoms with van der Waals surface area (Å²) in [7, 11) is 0. The largest absolute Gasteiger partial charge is 0.489 e. The van der Waals surface area contributed by atoms with Crippen LogP contribution in [0.3, 0.4) is 0 Å². The Labute approximate surface area is 206 Å². The molecule has 1 aliphatic rings. The van der Waals surface area contributed by atoms with Crippen molar-refractivity contribution in [2.75, 3.05) is 17.2 Å². The van der Waals surface area contributed by atoms with E-state index in [2.05, 4.69) is 25.3 Å². The number of rotatable bonds is 10. The summed E-state index contributed by atoms with van der Waals surface area (Å²) in [5.41, 5.74) is 1.25. The number of carbonyl (C=O) groups excluding carboxylic acids is 1. The molecule has 4 rings (SSSR count). The first-order chi connectivity index (χ1) is 17.5. The predicted octanol–water partition coefficient (Wildman–Crippen LogP) is 5.52. The molecule has 184 valence electrons. The number of carbonyl (C=O) groups is 1. The molecule has 0 aliphatic heterocycles. The van der Waals surface area contributed by atoms with Crippen molar-refractivity contribution < 1.29 is 23.0 Å². The van der Waals surface area contributed by atoms with Crippen molar-refractivity contribution in [3.05, 3.63) is 72.1 Å². The van der Waals surface area contributed by atoms with E-state index in [1.807, 2.05) is 6.07 Å². The molecule has 8 nitrogen and oxygen atoms in total. The highest BCUT2D eigenvalue weighted by atomic mass is 19.3. The van der Waals surface area contributed by atoms with Crippen LogP contribution >= 0.6 is 0 Å². The highest BCUT2D eigenvalue weighted by Crippen LogP contribution is 2.35. The molecule has 36 heavy (non-hydrogen) atoms. The average molecular weight is 491 g/mol. The van der Waals surface area contributed by atoms with Crippen molar-refractivity contribution >= 4 is 29.3 Å². The van der Waals surface area contributed by atoms with Gasteiger partial charge in [0.25, 0.3) is 0 Å². The third kappa shape index (κ3) is 6.54. The maximum atomic E-state index is 12.9. The van der Waals surface area contributed by atoms with Crippen LogP contribution < -0.4 is 20.1 Å². The molecule has 0 unspecified atom stereocenters. The number of alkyl halides is 2. The van der Waals surface area contributed by atoms with Crippen molar-refractivity contribution in [2.45, 2.75) is 25.9 Å². The number of halogens is 2. The summed E-state index contributed by atoms with van der Waals surface area (Å²) in [6.45, 7) is -2.61. The third-order valence-electron chi connectivity index (χ3n) is 5.53. The number of hydrogen-bond acceptors (Lipinski definition) is 7. The average Bonchev–Trinajstić information content (AvgIpc) is 2.84. The van der Waals surface area contributed by atoms with Gasteiger partial charge in [0.1, 0.15) is 11.9 Å². The topological polar surface area (TPSA) is 109 Å². The second-order valence-electron chi connectivity index (χ2n) is 8.05. The molecule has 1 aromatic carbocycles. The number of amides is 1. The number of anilines is 3. The lowest BCUT2D eigenvalue weighted by atomic mass is 9.86. The van der Waals surface area contributed by atoms with Crippen LogP contribution in [0.1, 0.15) is 30.4 Å². The Balaban J connectivity index is 1.48. The van der Waals surface area contributed by atoms with Gasteiger partial charge in [-0.15, -0.1) is 0 Å². The van der Waals surface area contributed by atoms with E-state index in [0.717, 1.165) is 19.3 Å². The van der Waals surface area contributed by atoms with Gasteiger partial charge in [-0.05, 0) is 55.2 Å². The molecule has 0 atom stereocenters. The van der Waals surface area contributed by atoms with Crippen LogP contribution in [-0.2, 0) is 4.79 Å². The molecule has 2 heterocycles. The quantitative estimate of drug-likeness (QED) is 0.359. The van der Waals surface area contributed by atoms with Crippen LogP contribution in [0.2, 0.25) is 0 Å². The molecule has 1 amide bonds. The molecule has 1 fully saturated rings. The van der Waals surface area contributed by atoms with Crippen LogP contribution in [0.4, 0.5) is 26.1 Å². The lowest BCUT2D eigenvalue weighted by Gasteiger charge is -2.26. The number of nitrogens with one attached hydrogen (secondary N) is 2. The minimum absolute atomic E-state index is 0.0828. The molecule has 10 heteroatoms. The molecule has 1 saturated carbocycles. The third-order valence-corrected chi connectivity index (χ3v) is 5.53. The summed E-state index contributed by atoms with van der Waals surface area (Å²) in [6.07, 6.45) is 8.92. The lowest BCUT2D eigenvalue weighted by molar-refractivity contribution is -0.111. The van der Waals surface area contributed by atoms with Crippen molar-refractivity contribution in [2.24, 2.45) is 5.92 Å².